The molecule has 0 aromatic heterocycles. The summed E-state index contributed by atoms with van der Waals surface area (Å²) in [6.45, 7) is 9.24. The second kappa shape index (κ2) is 7.91. The molecule has 0 N–H and O–H groups in total. The second-order valence-corrected chi connectivity index (χ2v) is 8.61. The van der Waals surface area contributed by atoms with Gasteiger partial charge >= 0.3 is 6.03 Å². The van der Waals surface area contributed by atoms with Crippen molar-refractivity contribution in [2.24, 2.45) is 0 Å². The van der Waals surface area contributed by atoms with Gasteiger partial charge in [0.2, 0.25) is 0 Å². The number of benzene rings is 2. The van der Waals surface area contributed by atoms with Crippen molar-refractivity contribution < 1.29 is 4.79 Å². The SMILES string of the molecule is Cc1c2c(=O)n(-c3ccccc3)nc-2c2ccccc2n1C(=O)N1CCN(C(C)C)CC1. The van der Waals surface area contributed by atoms with E-state index in [2.05, 4.69) is 23.8 Å². The topological polar surface area (TPSA) is 63.4 Å². The summed E-state index contributed by atoms with van der Waals surface area (Å²) in [6.07, 6.45) is 0. The van der Waals surface area contributed by atoms with E-state index < -0.39 is 0 Å². The highest BCUT2D eigenvalue weighted by molar-refractivity contribution is 6.00. The Morgan fingerprint density at radius 2 is 1.59 bits per heavy atom. The van der Waals surface area contributed by atoms with Crippen LogP contribution in [0.1, 0.15) is 19.5 Å². The molecule has 0 aliphatic carbocycles. The van der Waals surface area contributed by atoms with Gasteiger partial charge in [0.05, 0.1) is 16.8 Å². The molecule has 2 aromatic rings. The largest absolute Gasteiger partial charge is 0.328 e. The predicted molar refractivity (Wildman–Crippen MR) is 126 cm³/mol. The monoisotopic (exact) mass is 429 g/mol. The maximum absolute atomic E-state index is 13.7. The molecule has 5 rings (SSSR count). The van der Waals surface area contributed by atoms with Crippen LogP contribution in [-0.4, -0.2) is 62.4 Å². The van der Waals surface area contributed by atoms with Crippen molar-refractivity contribution in [3.63, 3.8) is 0 Å². The first-order valence-electron chi connectivity index (χ1n) is 11.1. The van der Waals surface area contributed by atoms with Crippen molar-refractivity contribution in [3.8, 4) is 16.9 Å². The molecule has 0 atom stereocenters. The summed E-state index contributed by atoms with van der Waals surface area (Å²) in [7, 11) is 0. The molecule has 3 heterocycles. The van der Waals surface area contributed by atoms with Crippen LogP contribution < -0.4 is 5.56 Å². The highest BCUT2D eigenvalue weighted by atomic mass is 16.2. The Labute approximate surface area is 186 Å². The minimum absolute atomic E-state index is 0.0872. The molecule has 0 bridgehead atoms. The Morgan fingerprint density at radius 3 is 2.28 bits per heavy atom. The lowest BCUT2D eigenvalue weighted by Gasteiger charge is -2.37. The summed E-state index contributed by atoms with van der Waals surface area (Å²) in [5.41, 5.74) is 3.01. The van der Waals surface area contributed by atoms with Crippen LogP contribution in [0.5, 0.6) is 0 Å². The minimum Gasteiger partial charge on any atom is -0.321 e. The Bertz CT molecular complexity index is 1310. The molecule has 7 heteroatoms. The van der Waals surface area contributed by atoms with Gasteiger partial charge in [0, 0.05) is 43.3 Å². The van der Waals surface area contributed by atoms with Crippen LogP contribution >= 0.6 is 0 Å². The lowest BCUT2D eigenvalue weighted by Crippen LogP contribution is -2.52. The van der Waals surface area contributed by atoms with E-state index in [9.17, 15) is 9.59 Å². The highest BCUT2D eigenvalue weighted by Crippen LogP contribution is 2.31. The van der Waals surface area contributed by atoms with E-state index in [1.165, 1.54) is 4.68 Å². The van der Waals surface area contributed by atoms with Gasteiger partial charge in [-0.25, -0.2) is 4.79 Å². The van der Waals surface area contributed by atoms with E-state index in [0.717, 1.165) is 24.0 Å². The molecule has 1 saturated heterocycles. The number of aromatic nitrogens is 3. The minimum atomic E-state index is -0.208. The summed E-state index contributed by atoms with van der Waals surface area (Å²) in [5, 5.41) is 5.47. The first-order chi connectivity index (χ1) is 15.5. The Hall–Kier alpha value is -3.45. The number of hydrogen-bond donors (Lipinski definition) is 0. The molecule has 0 saturated carbocycles. The normalized spacial score (nSPS) is 15.2. The maximum atomic E-state index is 13.7. The smallest absolute Gasteiger partial charge is 0.321 e. The van der Waals surface area contributed by atoms with Gasteiger partial charge in [0.25, 0.3) is 5.56 Å². The number of carbonyl (C=O) groups is 1. The summed E-state index contributed by atoms with van der Waals surface area (Å²) >= 11 is 0. The van der Waals surface area contributed by atoms with Crippen molar-refractivity contribution in [1.29, 1.82) is 0 Å². The Balaban J connectivity index is 1.67. The van der Waals surface area contributed by atoms with Crippen molar-refractivity contribution >= 4 is 16.9 Å². The third-order valence-electron chi connectivity index (χ3n) is 6.45. The van der Waals surface area contributed by atoms with Crippen molar-refractivity contribution in [3.05, 3.63) is 70.6 Å². The van der Waals surface area contributed by atoms with Crippen LogP contribution in [0, 0.1) is 6.92 Å². The molecule has 2 aromatic carbocycles. The molecule has 0 unspecified atom stereocenters. The summed E-state index contributed by atoms with van der Waals surface area (Å²) < 4.78 is 3.13. The fraction of sp³-hybridized carbons (Fsp3) is 0.320. The molecule has 7 nitrogen and oxygen atoms in total. The van der Waals surface area contributed by atoms with Crippen LogP contribution in [0.15, 0.2) is 59.4 Å². The van der Waals surface area contributed by atoms with E-state index in [1.54, 1.807) is 4.57 Å². The highest BCUT2D eigenvalue weighted by Gasteiger charge is 2.29. The standard InChI is InChI=1S/C25H27N5O2/c1-17(2)27-13-15-28(16-14-27)25(32)29-18(3)22-23(20-11-7-8-12-21(20)29)26-30(24(22)31)19-9-5-4-6-10-19/h4-12,17H,13-16H2,1-3H3. The van der Waals surface area contributed by atoms with Crippen molar-refractivity contribution in [1.82, 2.24) is 24.1 Å². The quantitative estimate of drug-likeness (QED) is 0.489. The third kappa shape index (κ3) is 3.20. The lowest BCUT2D eigenvalue weighted by atomic mass is 10.0. The van der Waals surface area contributed by atoms with Gasteiger partial charge in [-0.2, -0.15) is 9.78 Å². The second-order valence-electron chi connectivity index (χ2n) is 8.61. The first-order valence-corrected chi connectivity index (χ1v) is 11.1. The first kappa shape index (κ1) is 20.5. The van der Waals surface area contributed by atoms with E-state index in [4.69, 9.17) is 0 Å². The molecule has 32 heavy (non-hydrogen) atoms. The van der Waals surface area contributed by atoms with Crippen molar-refractivity contribution in [2.75, 3.05) is 26.2 Å². The number of rotatable bonds is 2. The third-order valence-corrected chi connectivity index (χ3v) is 6.45. The number of fused-ring (bicyclic) bond motifs is 3. The zero-order chi connectivity index (χ0) is 22.4. The number of hydrogen-bond acceptors (Lipinski definition) is 4. The average Bonchev–Trinajstić information content (AvgIpc) is 3.17. The lowest BCUT2D eigenvalue weighted by molar-refractivity contribution is 0.120. The van der Waals surface area contributed by atoms with E-state index >= 15 is 0 Å². The van der Waals surface area contributed by atoms with E-state index in [1.807, 2.05) is 66.4 Å². The fourth-order valence-corrected chi connectivity index (χ4v) is 4.64. The molecular formula is C25H27N5O2. The number of carbonyl (C=O) groups excluding carboxylic acids is 1. The molecule has 1 amide bonds. The maximum Gasteiger partial charge on any atom is 0.328 e. The summed E-state index contributed by atoms with van der Waals surface area (Å²) in [6, 6.07) is 17.5. The van der Waals surface area contributed by atoms with Gasteiger partial charge in [-0.05, 0) is 39.0 Å². The van der Waals surface area contributed by atoms with Gasteiger partial charge < -0.3 is 4.90 Å². The van der Waals surface area contributed by atoms with Crippen LogP contribution in [-0.2, 0) is 0 Å². The van der Waals surface area contributed by atoms with Crippen molar-refractivity contribution in [2.45, 2.75) is 26.8 Å². The van der Waals surface area contributed by atoms with Crippen LogP contribution in [0.3, 0.4) is 0 Å². The van der Waals surface area contributed by atoms with Gasteiger partial charge in [0.15, 0.2) is 0 Å². The molecular weight excluding hydrogens is 402 g/mol. The predicted octanol–water partition coefficient (Wildman–Crippen LogP) is 3.59. The number of amides is 1. The van der Waals surface area contributed by atoms with Gasteiger partial charge in [-0.3, -0.25) is 14.3 Å². The average molecular weight is 430 g/mol. The van der Waals surface area contributed by atoms with Crippen LogP contribution in [0.4, 0.5) is 4.79 Å². The van der Waals surface area contributed by atoms with Crippen LogP contribution in [0.2, 0.25) is 0 Å². The van der Waals surface area contributed by atoms with E-state index in [0.29, 0.717) is 41.8 Å². The fourth-order valence-electron chi connectivity index (χ4n) is 4.64. The number of pyridine rings is 1. The summed E-state index contributed by atoms with van der Waals surface area (Å²) in [5.74, 6) is 0. The zero-order valence-corrected chi connectivity index (χ0v) is 18.7. The number of nitrogens with zero attached hydrogens (tertiary/aromatic N) is 5. The molecule has 0 radical (unpaired) electrons. The Kier molecular flexibility index (Phi) is 5.06. The molecule has 164 valence electrons. The zero-order valence-electron chi connectivity index (χ0n) is 18.7. The number of piperazine rings is 1. The summed E-state index contributed by atoms with van der Waals surface area (Å²) in [4.78, 5) is 31.4. The molecule has 0 spiro atoms. The van der Waals surface area contributed by atoms with E-state index in [-0.39, 0.29) is 11.6 Å². The molecule has 3 aliphatic heterocycles. The van der Waals surface area contributed by atoms with Crippen LogP contribution in [0.25, 0.3) is 27.8 Å². The molecule has 1 fully saturated rings. The van der Waals surface area contributed by atoms with Gasteiger partial charge in [0.1, 0.15) is 5.69 Å². The molecule has 3 aliphatic rings. The van der Waals surface area contributed by atoms with Gasteiger partial charge in [-0.15, -0.1) is 0 Å². The van der Waals surface area contributed by atoms with Gasteiger partial charge in [-0.1, -0.05) is 36.4 Å². The number of para-hydroxylation sites is 2. The Morgan fingerprint density at radius 1 is 0.938 bits per heavy atom.